The molecule has 2 heterocycles. The van der Waals surface area contributed by atoms with Gasteiger partial charge < -0.3 is 29.4 Å². The minimum Gasteiger partial charge on any atom is -0.445 e. The fourth-order valence-corrected chi connectivity index (χ4v) is 6.02. The number of nitrogens with zero attached hydrogens (tertiary/aromatic N) is 1. The highest BCUT2D eigenvalue weighted by molar-refractivity contribution is 6.81. The van der Waals surface area contributed by atoms with Crippen LogP contribution < -0.4 is 5.32 Å². The second-order valence-electron chi connectivity index (χ2n) is 10.7. The lowest BCUT2D eigenvalue weighted by Crippen LogP contribution is -2.57. The summed E-state index contributed by atoms with van der Waals surface area (Å²) in [5, 5.41) is 23.7. The molecule has 2 fully saturated rings. The molecule has 2 aliphatic rings. The van der Waals surface area contributed by atoms with Crippen LogP contribution >= 0.6 is 0 Å². The van der Waals surface area contributed by atoms with Crippen LogP contribution in [0.25, 0.3) is 0 Å². The number of nitriles is 1. The van der Waals surface area contributed by atoms with Crippen molar-refractivity contribution >= 4 is 14.2 Å². The van der Waals surface area contributed by atoms with Crippen LogP contribution in [0.15, 0.2) is 30.3 Å². The molecule has 3 rings (SSSR count). The van der Waals surface area contributed by atoms with E-state index in [2.05, 4.69) is 45.3 Å². The quantitative estimate of drug-likeness (QED) is 0.603. The minimum atomic E-state index is -2.27. The fraction of sp³-hybridized carbons (Fsp3) is 0.667. The highest BCUT2D eigenvalue weighted by Crippen LogP contribution is 2.46. The van der Waals surface area contributed by atoms with E-state index < -0.39 is 62.7 Å². The zero-order valence-electron chi connectivity index (χ0n) is 21.4. The van der Waals surface area contributed by atoms with Crippen LogP contribution in [0.3, 0.4) is 0 Å². The number of fused-ring (bicyclic) bond motifs is 1. The van der Waals surface area contributed by atoms with Crippen molar-refractivity contribution in [3.8, 4) is 6.07 Å². The molecule has 9 heteroatoms. The maximum Gasteiger partial charge on any atom is 0.408 e. The van der Waals surface area contributed by atoms with Crippen LogP contribution in [0.1, 0.15) is 41.6 Å². The molecule has 0 radical (unpaired) electrons. The summed E-state index contributed by atoms with van der Waals surface area (Å²) in [5.74, 6) is -0.928. The van der Waals surface area contributed by atoms with Gasteiger partial charge in [0, 0.05) is 0 Å². The maximum atomic E-state index is 12.5. The number of amides is 1. The normalized spacial score (nSPS) is 29.8. The topological polar surface area (TPSA) is 110 Å². The third-order valence-electron chi connectivity index (χ3n) is 6.95. The molecular formula is C24H36N2O6Si. The number of aliphatic hydroxyl groups is 1. The fourth-order valence-electron chi connectivity index (χ4n) is 4.04. The van der Waals surface area contributed by atoms with Crippen LogP contribution in [0.4, 0.5) is 4.79 Å². The van der Waals surface area contributed by atoms with E-state index in [0.717, 1.165) is 0 Å². The second-order valence-corrected chi connectivity index (χ2v) is 16.3. The van der Waals surface area contributed by atoms with Crippen molar-refractivity contribution in [1.82, 2.24) is 5.32 Å². The predicted octanol–water partition coefficient (Wildman–Crippen LogP) is 3.50. The van der Waals surface area contributed by atoms with Crippen LogP contribution in [-0.2, 0) is 25.5 Å². The number of rotatable bonds is 6. The molecule has 3 unspecified atom stereocenters. The van der Waals surface area contributed by atoms with Crippen molar-refractivity contribution in [2.24, 2.45) is 0 Å². The Bertz CT molecular complexity index is 916. The molecule has 0 bridgehead atoms. The number of alkyl carbamates (subject to hydrolysis) is 1. The van der Waals surface area contributed by atoms with Gasteiger partial charge in [-0.15, -0.1) is 0 Å². The molecule has 0 aliphatic carbocycles. The molecule has 0 saturated carbocycles. The Morgan fingerprint density at radius 2 is 1.85 bits per heavy atom. The van der Waals surface area contributed by atoms with Crippen molar-refractivity contribution in [3.05, 3.63) is 35.9 Å². The summed E-state index contributed by atoms with van der Waals surface area (Å²) >= 11 is 0. The number of aliphatic hydroxyl groups excluding tert-OH is 1. The standard InChI is InChI=1S/C24H36N2O6Si/c1-23(2,3)33(6,7)21(27)20-19-18(31-24(4,5)32-19)17(30-20)16(13-25)26-22(28)29-14-15-11-9-8-10-12-15/h8-12,16-21,27H,14H2,1-7H3,(H,26,28)/t16?,17-,18-,19-,20-,21?/m0/s1/i14D/t14?,16?,17-,18-,19-,20-,21?. The first-order valence-corrected chi connectivity index (χ1v) is 14.3. The Hall–Kier alpha value is -1.96. The van der Waals surface area contributed by atoms with E-state index in [1.807, 2.05) is 0 Å². The van der Waals surface area contributed by atoms with Gasteiger partial charge in [0.15, 0.2) is 5.79 Å². The van der Waals surface area contributed by atoms with E-state index in [1.54, 1.807) is 44.2 Å². The first-order valence-electron chi connectivity index (χ1n) is 11.8. The average Bonchev–Trinajstić information content (AvgIpc) is 3.24. The van der Waals surface area contributed by atoms with Gasteiger partial charge in [-0.25, -0.2) is 4.79 Å². The third-order valence-corrected chi connectivity index (χ3v) is 12.6. The molecule has 2 aliphatic heterocycles. The molecule has 182 valence electrons. The number of benzene rings is 1. The third kappa shape index (κ3) is 5.41. The second kappa shape index (κ2) is 9.35. The van der Waals surface area contributed by atoms with Crippen molar-refractivity contribution in [2.45, 2.75) is 101 Å². The van der Waals surface area contributed by atoms with Crippen LogP contribution in [0.2, 0.25) is 18.1 Å². The number of nitrogens with one attached hydrogen (secondary N) is 1. The Kier molecular flexibility index (Phi) is 6.85. The summed E-state index contributed by atoms with van der Waals surface area (Å²) in [5.41, 5.74) is -0.278. The van der Waals surface area contributed by atoms with Crippen LogP contribution in [-0.4, -0.2) is 61.2 Å². The molecule has 1 amide bonds. The molecular weight excluding hydrogens is 440 g/mol. The Morgan fingerprint density at radius 3 is 2.39 bits per heavy atom. The summed E-state index contributed by atoms with van der Waals surface area (Å²) in [6, 6.07) is 9.57. The molecule has 33 heavy (non-hydrogen) atoms. The van der Waals surface area contributed by atoms with E-state index in [4.69, 9.17) is 20.3 Å². The maximum absolute atomic E-state index is 12.5. The van der Waals surface area contributed by atoms with Gasteiger partial charge >= 0.3 is 6.09 Å². The monoisotopic (exact) mass is 477 g/mol. The Labute approximate surface area is 198 Å². The van der Waals surface area contributed by atoms with Gasteiger partial charge in [-0.2, -0.15) is 5.26 Å². The highest BCUT2D eigenvalue weighted by atomic mass is 28.3. The largest absolute Gasteiger partial charge is 0.445 e. The van der Waals surface area contributed by atoms with Gasteiger partial charge in [0.2, 0.25) is 0 Å². The van der Waals surface area contributed by atoms with E-state index >= 15 is 0 Å². The first kappa shape index (κ1) is 24.2. The van der Waals surface area contributed by atoms with Gasteiger partial charge in [-0.05, 0) is 24.4 Å². The summed E-state index contributed by atoms with van der Waals surface area (Å²) in [4.78, 5) is 12.5. The van der Waals surface area contributed by atoms with E-state index in [9.17, 15) is 15.2 Å². The van der Waals surface area contributed by atoms with Crippen molar-refractivity contribution in [2.75, 3.05) is 0 Å². The number of hydrogen-bond donors (Lipinski definition) is 2. The number of ether oxygens (including phenoxy) is 4. The lowest BCUT2D eigenvalue weighted by molar-refractivity contribution is -0.194. The number of hydrogen-bond acceptors (Lipinski definition) is 7. The van der Waals surface area contributed by atoms with Crippen LogP contribution in [0, 0.1) is 11.3 Å². The summed E-state index contributed by atoms with van der Waals surface area (Å²) in [6.07, 6.45) is -3.76. The zero-order valence-corrected chi connectivity index (χ0v) is 21.4. The van der Waals surface area contributed by atoms with Gasteiger partial charge in [-0.1, -0.05) is 64.2 Å². The van der Waals surface area contributed by atoms with Gasteiger partial charge in [0.1, 0.15) is 37.0 Å². The Balaban J connectivity index is 1.77. The van der Waals surface area contributed by atoms with Gasteiger partial charge in [0.05, 0.1) is 21.2 Å². The van der Waals surface area contributed by atoms with Gasteiger partial charge in [0.25, 0.3) is 0 Å². The molecule has 1 aromatic carbocycles. The lowest BCUT2D eigenvalue weighted by Gasteiger charge is -2.43. The zero-order chi connectivity index (χ0) is 25.5. The van der Waals surface area contributed by atoms with Gasteiger partial charge in [-0.3, -0.25) is 0 Å². The van der Waals surface area contributed by atoms with E-state index in [1.165, 1.54) is 0 Å². The molecule has 1 aromatic rings. The first-order chi connectivity index (χ1) is 15.7. The smallest absolute Gasteiger partial charge is 0.408 e. The molecule has 0 aromatic heterocycles. The minimum absolute atomic E-state index is 0.115. The average molecular weight is 478 g/mol. The highest BCUT2D eigenvalue weighted by Gasteiger charge is 2.61. The lowest BCUT2D eigenvalue weighted by atomic mass is 10.0. The van der Waals surface area contributed by atoms with Crippen molar-refractivity contribution in [1.29, 1.82) is 5.26 Å². The van der Waals surface area contributed by atoms with Crippen molar-refractivity contribution in [3.63, 3.8) is 0 Å². The SMILES string of the molecule is [2H]C(OC(=O)NC(C#N)[C@@H]1O[C@H](C(O)[Si](C)(C)C(C)(C)C)[C@H]2OC(C)(C)O[C@H]21)c1ccccc1. The van der Waals surface area contributed by atoms with E-state index in [0.29, 0.717) is 5.56 Å². The number of carbonyl (C=O) groups is 1. The predicted molar refractivity (Wildman–Crippen MR) is 125 cm³/mol. The summed E-state index contributed by atoms with van der Waals surface area (Å²) in [6.45, 7) is 12.8. The number of carbonyl (C=O) groups excluding carboxylic acids is 1. The summed E-state index contributed by atoms with van der Waals surface area (Å²) in [7, 11) is -2.27. The molecule has 8 nitrogen and oxygen atoms in total. The molecule has 0 spiro atoms. The molecule has 7 atom stereocenters. The van der Waals surface area contributed by atoms with Crippen LogP contribution in [0.5, 0.6) is 0 Å². The van der Waals surface area contributed by atoms with Crippen molar-refractivity contribution < 1.29 is 30.2 Å². The molecule has 2 N–H and O–H groups in total. The Morgan fingerprint density at radius 1 is 1.27 bits per heavy atom. The molecule has 2 saturated heterocycles. The van der Waals surface area contributed by atoms with E-state index in [-0.39, 0.29) is 5.04 Å². The summed E-state index contributed by atoms with van der Waals surface area (Å²) < 4.78 is 31.6.